The average molecular weight is 468 g/mol. The molecule has 0 fully saturated rings. The summed E-state index contributed by atoms with van der Waals surface area (Å²) in [5, 5.41) is 12.9. The third kappa shape index (κ3) is 3.82. The maximum atomic E-state index is 13.3. The molecule has 0 saturated heterocycles. The van der Waals surface area contributed by atoms with E-state index in [1.54, 1.807) is 12.3 Å². The summed E-state index contributed by atoms with van der Waals surface area (Å²) in [6.07, 6.45) is 1.69. The van der Waals surface area contributed by atoms with Gasteiger partial charge in [-0.1, -0.05) is 35.6 Å². The van der Waals surface area contributed by atoms with Crippen molar-refractivity contribution in [1.82, 2.24) is 20.2 Å². The molecule has 5 aromatic rings. The molecule has 1 aliphatic heterocycles. The van der Waals surface area contributed by atoms with E-state index in [2.05, 4.69) is 20.5 Å². The number of aromatic nitrogens is 4. The van der Waals surface area contributed by atoms with Crippen LogP contribution in [0.5, 0.6) is 11.5 Å². The molecule has 0 spiro atoms. The van der Waals surface area contributed by atoms with Gasteiger partial charge in [-0.25, -0.2) is 4.98 Å². The monoisotopic (exact) mass is 467 g/mol. The van der Waals surface area contributed by atoms with Gasteiger partial charge in [0.15, 0.2) is 16.5 Å². The zero-order valence-corrected chi connectivity index (χ0v) is 18.6. The summed E-state index contributed by atoms with van der Waals surface area (Å²) < 4.78 is 11.3. The molecule has 166 valence electrons. The van der Waals surface area contributed by atoms with Crippen molar-refractivity contribution in [2.24, 2.45) is 0 Å². The van der Waals surface area contributed by atoms with Crippen LogP contribution in [-0.2, 0) is 0 Å². The van der Waals surface area contributed by atoms with Crippen molar-refractivity contribution in [3.05, 3.63) is 78.5 Å². The van der Waals surface area contributed by atoms with E-state index in [0.29, 0.717) is 57.3 Å². The standard InChI is InChI=1S/C25H17N5O3S/c31-23(28-25-30-29-24(34-25)19-7-3-4-10-26-19)17-14-20(27-18-6-2-1-5-16(17)18)15-8-9-21-22(13-15)33-12-11-32-21/h1-10,13-14H,11-12H2,(H,28,30,31). The van der Waals surface area contributed by atoms with E-state index in [4.69, 9.17) is 14.5 Å². The number of nitrogens with zero attached hydrogens (tertiary/aromatic N) is 4. The number of carbonyl (C=O) groups is 1. The fourth-order valence-corrected chi connectivity index (χ4v) is 4.46. The van der Waals surface area contributed by atoms with Crippen LogP contribution in [0.2, 0.25) is 0 Å². The molecule has 0 unspecified atom stereocenters. The Kier molecular flexibility index (Phi) is 5.08. The second-order valence-electron chi connectivity index (χ2n) is 7.51. The van der Waals surface area contributed by atoms with Gasteiger partial charge in [-0.2, -0.15) is 0 Å². The van der Waals surface area contributed by atoms with Gasteiger partial charge in [-0.05, 0) is 42.5 Å². The lowest BCUT2D eigenvalue weighted by Gasteiger charge is -2.19. The highest BCUT2D eigenvalue weighted by Crippen LogP contribution is 2.35. The Balaban J connectivity index is 1.36. The number of benzene rings is 2. The zero-order valence-electron chi connectivity index (χ0n) is 17.8. The highest BCUT2D eigenvalue weighted by molar-refractivity contribution is 7.18. The van der Waals surface area contributed by atoms with Crippen LogP contribution in [0.3, 0.4) is 0 Å². The first-order chi connectivity index (χ1) is 16.7. The van der Waals surface area contributed by atoms with E-state index in [-0.39, 0.29) is 5.91 Å². The van der Waals surface area contributed by atoms with Gasteiger partial charge in [-0.3, -0.25) is 15.1 Å². The lowest BCUT2D eigenvalue weighted by atomic mass is 10.0. The number of anilines is 1. The van der Waals surface area contributed by atoms with Gasteiger partial charge in [0.05, 0.1) is 16.8 Å². The molecule has 1 amide bonds. The molecule has 9 heteroatoms. The predicted molar refractivity (Wildman–Crippen MR) is 129 cm³/mol. The molecule has 4 heterocycles. The van der Waals surface area contributed by atoms with Crippen molar-refractivity contribution >= 4 is 33.3 Å². The van der Waals surface area contributed by atoms with Crippen LogP contribution in [0, 0.1) is 0 Å². The van der Waals surface area contributed by atoms with Crippen LogP contribution in [0.1, 0.15) is 10.4 Å². The van der Waals surface area contributed by atoms with Crippen LogP contribution in [-0.4, -0.2) is 39.3 Å². The Morgan fingerprint density at radius 1 is 0.882 bits per heavy atom. The van der Waals surface area contributed by atoms with E-state index in [1.807, 2.05) is 60.7 Å². The predicted octanol–water partition coefficient (Wildman–Crippen LogP) is 4.84. The normalized spacial score (nSPS) is 12.5. The number of para-hydroxylation sites is 1. The molecular weight excluding hydrogens is 450 g/mol. The number of hydrogen-bond acceptors (Lipinski definition) is 8. The summed E-state index contributed by atoms with van der Waals surface area (Å²) in [6.45, 7) is 1.02. The number of amides is 1. The third-order valence-electron chi connectivity index (χ3n) is 5.33. The lowest BCUT2D eigenvalue weighted by molar-refractivity contribution is 0.102. The van der Waals surface area contributed by atoms with Gasteiger partial charge in [0.2, 0.25) is 5.13 Å². The Labute approximate surface area is 198 Å². The van der Waals surface area contributed by atoms with E-state index in [1.165, 1.54) is 11.3 Å². The number of nitrogens with one attached hydrogen (secondary N) is 1. The van der Waals surface area contributed by atoms with E-state index in [9.17, 15) is 4.79 Å². The quantitative estimate of drug-likeness (QED) is 0.404. The Bertz CT molecular complexity index is 1520. The second kappa shape index (κ2) is 8.53. The van der Waals surface area contributed by atoms with Crippen molar-refractivity contribution < 1.29 is 14.3 Å². The molecule has 0 atom stereocenters. The minimum Gasteiger partial charge on any atom is -0.486 e. The maximum Gasteiger partial charge on any atom is 0.258 e. The van der Waals surface area contributed by atoms with Crippen molar-refractivity contribution in [3.63, 3.8) is 0 Å². The molecule has 34 heavy (non-hydrogen) atoms. The molecule has 0 saturated carbocycles. The molecule has 1 aliphatic rings. The summed E-state index contributed by atoms with van der Waals surface area (Å²) in [4.78, 5) is 22.4. The topological polar surface area (TPSA) is 99.1 Å². The molecule has 1 N–H and O–H groups in total. The van der Waals surface area contributed by atoms with Gasteiger partial charge < -0.3 is 9.47 Å². The van der Waals surface area contributed by atoms with E-state index < -0.39 is 0 Å². The van der Waals surface area contributed by atoms with Gasteiger partial charge in [0.25, 0.3) is 5.91 Å². The Morgan fingerprint density at radius 2 is 1.74 bits per heavy atom. The molecule has 8 nitrogen and oxygen atoms in total. The number of fused-ring (bicyclic) bond motifs is 2. The zero-order chi connectivity index (χ0) is 22.9. The lowest BCUT2D eigenvalue weighted by Crippen LogP contribution is -2.15. The average Bonchev–Trinajstić information content (AvgIpc) is 3.36. The molecule has 3 aromatic heterocycles. The molecule has 0 aliphatic carbocycles. The summed E-state index contributed by atoms with van der Waals surface area (Å²) >= 11 is 1.27. The SMILES string of the molecule is O=C(Nc1nnc(-c2ccccn2)s1)c1cc(-c2ccc3c(c2)OCCO3)nc2ccccc12. The number of carbonyl (C=O) groups excluding carboxylic acids is 1. The number of rotatable bonds is 4. The van der Waals surface area contributed by atoms with Crippen LogP contribution >= 0.6 is 11.3 Å². The molecule has 0 bridgehead atoms. The fourth-order valence-electron chi connectivity index (χ4n) is 3.74. The van der Waals surface area contributed by atoms with Gasteiger partial charge in [0.1, 0.15) is 18.9 Å². The van der Waals surface area contributed by atoms with Crippen molar-refractivity contribution in [3.8, 4) is 33.5 Å². The number of hydrogen-bond donors (Lipinski definition) is 1. The number of pyridine rings is 2. The smallest absolute Gasteiger partial charge is 0.258 e. The summed E-state index contributed by atoms with van der Waals surface area (Å²) in [5.41, 5.74) is 3.40. The minimum absolute atomic E-state index is 0.291. The third-order valence-corrected chi connectivity index (χ3v) is 6.19. The van der Waals surface area contributed by atoms with Gasteiger partial charge in [0, 0.05) is 17.1 Å². The van der Waals surface area contributed by atoms with E-state index >= 15 is 0 Å². The van der Waals surface area contributed by atoms with E-state index in [0.717, 1.165) is 10.9 Å². The minimum atomic E-state index is -0.291. The maximum absolute atomic E-state index is 13.3. The Hall–Kier alpha value is -4.37. The Morgan fingerprint density at radius 3 is 2.62 bits per heavy atom. The first-order valence-electron chi connectivity index (χ1n) is 10.6. The summed E-state index contributed by atoms with van der Waals surface area (Å²) in [6, 6.07) is 20.6. The van der Waals surface area contributed by atoms with Crippen molar-refractivity contribution in [2.45, 2.75) is 0 Å². The highest BCUT2D eigenvalue weighted by Gasteiger charge is 2.18. The van der Waals surface area contributed by atoms with Gasteiger partial charge >= 0.3 is 0 Å². The highest BCUT2D eigenvalue weighted by atomic mass is 32.1. The second-order valence-corrected chi connectivity index (χ2v) is 8.49. The molecular formula is C25H17N5O3S. The van der Waals surface area contributed by atoms with Crippen LogP contribution < -0.4 is 14.8 Å². The van der Waals surface area contributed by atoms with Crippen molar-refractivity contribution in [1.29, 1.82) is 0 Å². The van der Waals surface area contributed by atoms with Crippen LogP contribution in [0.4, 0.5) is 5.13 Å². The molecule has 2 aromatic carbocycles. The number of ether oxygens (including phenoxy) is 2. The largest absolute Gasteiger partial charge is 0.486 e. The molecule has 0 radical (unpaired) electrons. The fraction of sp³-hybridized carbons (Fsp3) is 0.0800. The summed E-state index contributed by atoms with van der Waals surface area (Å²) in [5.74, 6) is 1.08. The summed E-state index contributed by atoms with van der Waals surface area (Å²) in [7, 11) is 0. The van der Waals surface area contributed by atoms with Crippen molar-refractivity contribution in [2.75, 3.05) is 18.5 Å². The first kappa shape index (κ1) is 20.3. The molecule has 6 rings (SSSR count). The van der Waals surface area contributed by atoms with Crippen LogP contribution in [0.25, 0.3) is 32.9 Å². The first-order valence-corrected chi connectivity index (χ1v) is 11.4. The van der Waals surface area contributed by atoms with Gasteiger partial charge in [-0.15, -0.1) is 10.2 Å². The van der Waals surface area contributed by atoms with Crippen LogP contribution in [0.15, 0.2) is 72.9 Å².